The lowest BCUT2D eigenvalue weighted by atomic mass is 10.2. The molecular formula is C18H19N7O2. The van der Waals surface area contributed by atoms with Crippen LogP contribution in [0.25, 0.3) is 5.65 Å². The van der Waals surface area contributed by atoms with E-state index < -0.39 is 0 Å². The topological polar surface area (TPSA) is 110 Å². The fourth-order valence-corrected chi connectivity index (χ4v) is 3.22. The number of fused-ring (bicyclic) bond motifs is 1. The van der Waals surface area contributed by atoms with Crippen LogP contribution in [0.1, 0.15) is 16.1 Å². The summed E-state index contributed by atoms with van der Waals surface area (Å²) in [6, 6.07) is 7.12. The van der Waals surface area contributed by atoms with Gasteiger partial charge < -0.3 is 15.5 Å². The van der Waals surface area contributed by atoms with Crippen molar-refractivity contribution in [2.75, 3.05) is 36.8 Å². The van der Waals surface area contributed by atoms with E-state index in [1.54, 1.807) is 29.3 Å². The lowest BCUT2D eigenvalue weighted by Crippen LogP contribution is -2.50. The summed E-state index contributed by atoms with van der Waals surface area (Å²) in [5.41, 5.74) is 6.76. The number of nitrogens with zero attached hydrogens (tertiary/aromatic N) is 6. The van der Waals surface area contributed by atoms with Gasteiger partial charge in [-0.2, -0.15) is 4.98 Å². The van der Waals surface area contributed by atoms with Crippen molar-refractivity contribution in [3.05, 3.63) is 58.3 Å². The van der Waals surface area contributed by atoms with Crippen molar-refractivity contribution in [3.8, 4) is 0 Å². The van der Waals surface area contributed by atoms with Crippen LogP contribution < -0.4 is 16.2 Å². The van der Waals surface area contributed by atoms with Crippen LogP contribution in [0.5, 0.6) is 0 Å². The Balaban J connectivity index is 1.52. The highest BCUT2D eigenvalue weighted by Gasteiger charge is 2.25. The van der Waals surface area contributed by atoms with Crippen molar-refractivity contribution < 1.29 is 4.79 Å². The summed E-state index contributed by atoms with van der Waals surface area (Å²) in [5, 5.41) is 0. The van der Waals surface area contributed by atoms with E-state index in [2.05, 4.69) is 19.9 Å². The molecule has 1 fully saturated rings. The van der Waals surface area contributed by atoms with E-state index in [-0.39, 0.29) is 23.0 Å². The predicted molar refractivity (Wildman–Crippen MR) is 101 cm³/mol. The molecule has 1 aliphatic rings. The maximum atomic E-state index is 12.8. The molecule has 0 saturated carbocycles. The van der Waals surface area contributed by atoms with Crippen LogP contribution in [0.15, 0.2) is 41.5 Å². The molecule has 3 aromatic heterocycles. The molecule has 0 aromatic carbocycles. The third-order valence-electron chi connectivity index (χ3n) is 4.59. The van der Waals surface area contributed by atoms with E-state index in [9.17, 15) is 9.59 Å². The van der Waals surface area contributed by atoms with Crippen LogP contribution in [0.4, 0.5) is 11.8 Å². The summed E-state index contributed by atoms with van der Waals surface area (Å²) >= 11 is 0. The first-order chi connectivity index (χ1) is 13.0. The van der Waals surface area contributed by atoms with Crippen molar-refractivity contribution in [1.82, 2.24) is 24.3 Å². The largest absolute Gasteiger partial charge is 0.368 e. The fourth-order valence-electron chi connectivity index (χ4n) is 3.22. The quantitative estimate of drug-likeness (QED) is 0.697. The van der Waals surface area contributed by atoms with E-state index in [0.717, 1.165) is 11.5 Å². The number of piperazine rings is 1. The zero-order valence-corrected chi connectivity index (χ0v) is 14.9. The molecule has 138 valence electrons. The highest BCUT2D eigenvalue weighted by molar-refractivity contribution is 5.94. The monoisotopic (exact) mass is 365 g/mol. The van der Waals surface area contributed by atoms with Crippen molar-refractivity contribution in [1.29, 1.82) is 0 Å². The van der Waals surface area contributed by atoms with Crippen LogP contribution in [-0.4, -0.2) is 56.3 Å². The number of amides is 1. The Bertz CT molecular complexity index is 1050. The van der Waals surface area contributed by atoms with Gasteiger partial charge in [-0.1, -0.05) is 6.07 Å². The van der Waals surface area contributed by atoms with Gasteiger partial charge in [0.25, 0.3) is 11.5 Å². The number of hydrogen-bond donors (Lipinski definition) is 1. The molecule has 1 saturated heterocycles. The Morgan fingerprint density at radius 3 is 2.67 bits per heavy atom. The molecule has 0 radical (unpaired) electrons. The van der Waals surface area contributed by atoms with Gasteiger partial charge in [-0.25, -0.2) is 9.97 Å². The van der Waals surface area contributed by atoms with E-state index in [1.165, 1.54) is 10.6 Å². The second kappa shape index (κ2) is 6.67. The Kier molecular flexibility index (Phi) is 4.19. The van der Waals surface area contributed by atoms with Crippen LogP contribution >= 0.6 is 0 Å². The minimum Gasteiger partial charge on any atom is -0.368 e. The number of hydrogen-bond acceptors (Lipinski definition) is 7. The van der Waals surface area contributed by atoms with Crippen LogP contribution in [0.3, 0.4) is 0 Å². The minimum absolute atomic E-state index is 0.0780. The van der Waals surface area contributed by atoms with Crippen molar-refractivity contribution in [3.63, 3.8) is 0 Å². The first-order valence-corrected chi connectivity index (χ1v) is 8.65. The molecule has 9 nitrogen and oxygen atoms in total. The Morgan fingerprint density at radius 2 is 1.93 bits per heavy atom. The lowest BCUT2D eigenvalue weighted by molar-refractivity contribution is 0.0744. The number of anilines is 2. The Labute approximate surface area is 155 Å². The second-order valence-corrected chi connectivity index (χ2v) is 6.41. The molecule has 4 rings (SSSR count). The maximum Gasteiger partial charge on any atom is 0.270 e. The van der Waals surface area contributed by atoms with Crippen molar-refractivity contribution >= 4 is 23.3 Å². The molecule has 0 aliphatic carbocycles. The number of aryl methyl sites for hydroxylation is 1. The summed E-state index contributed by atoms with van der Waals surface area (Å²) in [5.74, 6) is 0.682. The SMILES string of the molecule is Cc1cc(N2CCN(C(=O)c3cnc4ccccn4c3=O)CC2)nc(N)n1. The van der Waals surface area contributed by atoms with E-state index in [1.807, 2.05) is 13.0 Å². The van der Waals surface area contributed by atoms with E-state index >= 15 is 0 Å². The molecule has 3 aromatic rings. The molecule has 0 spiro atoms. The molecule has 2 N–H and O–H groups in total. The molecule has 0 unspecified atom stereocenters. The van der Waals surface area contributed by atoms with Crippen molar-refractivity contribution in [2.24, 2.45) is 0 Å². The van der Waals surface area contributed by atoms with Gasteiger partial charge in [0.05, 0.1) is 0 Å². The zero-order valence-electron chi connectivity index (χ0n) is 14.9. The van der Waals surface area contributed by atoms with Gasteiger partial charge >= 0.3 is 0 Å². The molecule has 9 heteroatoms. The number of aromatic nitrogens is 4. The maximum absolute atomic E-state index is 12.8. The molecule has 27 heavy (non-hydrogen) atoms. The van der Waals surface area contributed by atoms with E-state index in [4.69, 9.17) is 5.73 Å². The predicted octanol–water partition coefficient (Wildman–Crippen LogP) is 0.338. The van der Waals surface area contributed by atoms with Gasteiger partial charge in [0.1, 0.15) is 17.0 Å². The first-order valence-electron chi connectivity index (χ1n) is 8.65. The average molecular weight is 365 g/mol. The van der Waals surface area contributed by atoms with Gasteiger partial charge in [-0.05, 0) is 19.1 Å². The van der Waals surface area contributed by atoms with Crippen molar-refractivity contribution in [2.45, 2.75) is 6.92 Å². The summed E-state index contributed by atoms with van der Waals surface area (Å²) in [6.45, 7) is 4.03. The number of nitrogens with two attached hydrogens (primary N) is 1. The Hall–Kier alpha value is -3.49. The number of nitrogen functional groups attached to an aromatic ring is 1. The molecule has 0 atom stereocenters. The standard InChI is InChI=1S/C18H19N7O2/c1-12-10-15(22-18(19)21-12)23-6-8-24(9-7-23)16(26)13-11-20-14-4-2-3-5-25(14)17(13)27/h2-5,10-11H,6-9H2,1H3,(H2,19,21,22). The van der Waals surface area contributed by atoms with Gasteiger partial charge in [-0.15, -0.1) is 0 Å². The molecule has 0 bridgehead atoms. The van der Waals surface area contributed by atoms with Gasteiger partial charge in [0.15, 0.2) is 0 Å². The molecule has 1 aliphatic heterocycles. The first kappa shape index (κ1) is 17.0. The zero-order chi connectivity index (χ0) is 19.0. The third kappa shape index (κ3) is 3.19. The molecule has 1 amide bonds. The number of rotatable bonds is 2. The average Bonchev–Trinajstić information content (AvgIpc) is 2.67. The summed E-state index contributed by atoms with van der Waals surface area (Å²) in [7, 11) is 0. The molecular weight excluding hydrogens is 346 g/mol. The van der Waals surface area contributed by atoms with Gasteiger partial charge in [-0.3, -0.25) is 14.0 Å². The Morgan fingerprint density at radius 1 is 1.15 bits per heavy atom. The fraction of sp³-hybridized carbons (Fsp3) is 0.278. The number of carbonyl (C=O) groups is 1. The second-order valence-electron chi connectivity index (χ2n) is 6.41. The summed E-state index contributed by atoms with van der Waals surface area (Å²) in [6.07, 6.45) is 2.97. The van der Waals surface area contributed by atoms with Crippen LogP contribution in [0.2, 0.25) is 0 Å². The summed E-state index contributed by atoms with van der Waals surface area (Å²) in [4.78, 5) is 41.7. The smallest absolute Gasteiger partial charge is 0.270 e. The van der Waals surface area contributed by atoms with E-state index in [0.29, 0.717) is 31.8 Å². The number of carbonyl (C=O) groups excluding carboxylic acids is 1. The van der Waals surface area contributed by atoms with Gasteiger partial charge in [0.2, 0.25) is 5.95 Å². The highest BCUT2D eigenvalue weighted by Crippen LogP contribution is 2.16. The molecule has 4 heterocycles. The minimum atomic E-state index is -0.354. The lowest BCUT2D eigenvalue weighted by Gasteiger charge is -2.35. The van der Waals surface area contributed by atoms with Crippen LogP contribution in [0, 0.1) is 6.92 Å². The van der Waals surface area contributed by atoms with Gasteiger partial charge in [0, 0.05) is 50.3 Å². The normalized spacial score (nSPS) is 14.6. The summed E-state index contributed by atoms with van der Waals surface area (Å²) < 4.78 is 1.38. The number of pyridine rings is 1. The highest BCUT2D eigenvalue weighted by atomic mass is 16.2. The van der Waals surface area contributed by atoms with Crippen LogP contribution in [-0.2, 0) is 0 Å². The third-order valence-corrected chi connectivity index (χ3v) is 4.59.